The highest BCUT2D eigenvalue weighted by Gasteiger charge is 2.58. The molecule has 0 bridgehead atoms. The standard InChI is InChI=1S/C23H40N4O13/c24-11-14(31)17(8(5-28)36-20(11)35)38-21-12(25)15(32)18(9(6-29)37-21)39-22-13(26)16(33)19(34)23(7-30,40-22)10-3-1-2-4-27-10/h1-4,8-22,27-35H,5-7,24-26H2/t8-,9-,10?,11?,12?,13-,14?,15-,16-,17?,18?,19+,20?,21+,22-,23+/m1/s1. The van der Waals surface area contributed by atoms with E-state index in [1.165, 1.54) is 0 Å². The summed E-state index contributed by atoms with van der Waals surface area (Å²) in [5.74, 6) is 0. The average Bonchev–Trinajstić information content (AvgIpc) is 2.97. The van der Waals surface area contributed by atoms with Crippen LogP contribution in [0.15, 0.2) is 24.4 Å². The van der Waals surface area contributed by atoms with E-state index in [0.717, 1.165) is 0 Å². The summed E-state index contributed by atoms with van der Waals surface area (Å²) < 4.78 is 28.5. The van der Waals surface area contributed by atoms with Gasteiger partial charge in [-0.25, -0.2) is 0 Å². The molecule has 0 aromatic heterocycles. The number of hydrogen-bond donors (Lipinski definition) is 12. The first-order chi connectivity index (χ1) is 19.0. The van der Waals surface area contributed by atoms with Crippen molar-refractivity contribution in [1.29, 1.82) is 0 Å². The second-order valence-electron chi connectivity index (χ2n) is 10.3. The monoisotopic (exact) mass is 580 g/mol. The van der Waals surface area contributed by atoms with Crippen molar-refractivity contribution in [2.75, 3.05) is 19.8 Å². The Morgan fingerprint density at radius 3 is 1.90 bits per heavy atom. The zero-order valence-electron chi connectivity index (χ0n) is 21.4. The van der Waals surface area contributed by atoms with E-state index in [9.17, 15) is 40.9 Å². The molecule has 3 fully saturated rings. The summed E-state index contributed by atoms with van der Waals surface area (Å²) >= 11 is 0. The van der Waals surface area contributed by atoms with Crippen LogP contribution in [0, 0.1) is 0 Å². The molecule has 0 aromatic carbocycles. The Kier molecular flexibility index (Phi) is 10.2. The van der Waals surface area contributed by atoms with Gasteiger partial charge in [0.25, 0.3) is 0 Å². The van der Waals surface area contributed by atoms with Crippen molar-refractivity contribution in [3.8, 4) is 0 Å². The lowest BCUT2D eigenvalue weighted by molar-refractivity contribution is -0.362. The van der Waals surface area contributed by atoms with E-state index < -0.39 is 117 Å². The molecule has 0 saturated carbocycles. The van der Waals surface area contributed by atoms with E-state index in [0.29, 0.717) is 0 Å². The first kappa shape index (κ1) is 31.6. The van der Waals surface area contributed by atoms with E-state index >= 15 is 0 Å². The first-order valence-electron chi connectivity index (χ1n) is 12.9. The maximum Gasteiger partial charge on any atom is 0.176 e. The molecular formula is C23H40N4O13. The molecule has 4 rings (SSSR count). The quantitative estimate of drug-likeness (QED) is 0.127. The number of rotatable bonds is 8. The molecule has 0 spiro atoms. The molecule has 0 aromatic rings. The smallest absolute Gasteiger partial charge is 0.176 e. The van der Waals surface area contributed by atoms with Crippen LogP contribution in [0.25, 0.3) is 0 Å². The summed E-state index contributed by atoms with van der Waals surface area (Å²) in [6.45, 7) is -2.15. The second-order valence-corrected chi connectivity index (χ2v) is 10.3. The van der Waals surface area contributed by atoms with Gasteiger partial charge in [0, 0.05) is 0 Å². The lowest BCUT2D eigenvalue weighted by Crippen LogP contribution is -2.75. The second kappa shape index (κ2) is 12.9. The third kappa shape index (κ3) is 5.66. The fraction of sp³-hybridized carbons (Fsp3) is 0.826. The van der Waals surface area contributed by atoms with Crippen molar-refractivity contribution in [1.82, 2.24) is 5.32 Å². The summed E-state index contributed by atoms with van der Waals surface area (Å²) in [6.07, 6.45) is -9.76. The van der Waals surface area contributed by atoms with Crippen molar-refractivity contribution < 1.29 is 64.5 Å². The Hall–Kier alpha value is -1.36. The molecule has 15 N–H and O–H groups in total. The van der Waals surface area contributed by atoms with Gasteiger partial charge in [-0.2, -0.15) is 0 Å². The fourth-order valence-electron chi connectivity index (χ4n) is 5.34. The van der Waals surface area contributed by atoms with Crippen LogP contribution in [0.3, 0.4) is 0 Å². The molecule has 0 aliphatic carbocycles. The Balaban J connectivity index is 1.51. The van der Waals surface area contributed by atoms with Crippen LogP contribution in [0.5, 0.6) is 0 Å². The minimum absolute atomic E-state index is 0.663. The van der Waals surface area contributed by atoms with Gasteiger partial charge in [0.15, 0.2) is 18.9 Å². The minimum Gasteiger partial charge on any atom is -0.394 e. The zero-order valence-corrected chi connectivity index (χ0v) is 21.4. The maximum atomic E-state index is 11.1. The van der Waals surface area contributed by atoms with E-state index in [4.69, 9.17) is 40.9 Å². The van der Waals surface area contributed by atoms with Gasteiger partial charge in [-0.15, -0.1) is 0 Å². The third-order valence-corrected chi connectivity index (χ3v) is 7.83. The highest BCUT2D eigenvalue weighted by atomic mass is 16.7. The van der Waals surface area contributed by atoms with Gasteiger partial charge in [0.2, 0.25) is 0 Å². The summed E-state index contributed by atoms with van der Waals surface area (Å²) in [5, 5.41) is 85.8. The molecule has 3 saturated heterocycles. The molecule has 4 aliphatic rings. The van der Waals surface area contributed by atoms with Gasteiger partial charge >= 0.3 is 0 Å². The summed E-state index contributed by atoms with van der Waals surface area (Å²) in [7, 11) is 0. The molecular weight excluding hydrogens is 540 g/mol. The Bertz CT molecular complexity index is 899. The van der Waals surface area contributed by atoms with Crippen LogP contribution in [0.1, 0.15) is 0 Å². The highest BCUT2D eigenvalue weighted by molar-refractivity contribution is 5.21. The predicted molar refractivity (Wildman–Crippen MR) is 131 cm³/mol. The van der Waals surface area contributed by atoms with Gasteiger partial charge in [0.1, 0.15) is 54.4 Å². The van der Waals surface area contributed by atoms with E-state index in [-0.39, 0.29) is 0 Å². The molecule has 7 unspecified atom stereocenters. The largest absolute Gasteiger partial charge is 0.394 e. The van der Waals surface area contributed by atoms with Gasteiger partial charge in [-0.05, 0) is 12.3 Å². The van der Waals surface area contributed by atoms with Crippen LogP contribution >= 0.6 is 0 Å². The number of allylic oxidation sites excluding steroid dienone is 2. The molecule has 40 heavy (non-hydrogen) atoms. The van der Waals surface area contributed by atoms with E-state index in [1.54, 1.807) is 24.4 Å². The van der Waals surface area contributed by atoms with E-state index in [1.807, 2.05) is 0 Å². The normalized spacial score (nSPS) is 51.4. The molecule has 4 heterocycles. The third-order valence-electron chi connectivity index (χ3n) is 7.83. The molecule has 230 valence electrons. The number of hydrogen-bond acceptors (Lipinski definition) is 17. The summed E-state index contributed by atoms with van der Waals surface area (Å²) in [6, 6.07) is -4.82. The number of nitrogens with one attached hydrogen (secondary N) is 1. The Morgan fingerprint density at radius 2 is 1.32 bits per heavy atom. The van der Waals surface area contributed by atoms with Gasteiger partial charge in [0.05, 0.1) is 44.0 Å². The number of aliphatic hydroxyl groups excluding tert-OH is 8. The van der Waals surface area contributed by atoms with Gasteiger partial charge in [-0.3, -0.25) is 0 Å². The summed E-state index contributed by atoms with van der Waals surface area (Å²) in [4.78, 5) is 0. The zero-order chi connectivity index (χ0) is 29.4. The molecule has 16 atom stereocenters. The molecule has 0 amide bonds. The van der Waals surface area contributed by atoms with Gasteiger partial charge in [-0.1, -0.05) is 12.2 Å². The maximum absolute atomic E-state index is 11.1. The van der Waals surface area contributed by atoms with Gasteiger partial charge < -0.3 is 87.1 Å². The molecule has 4 aliphatic heterocycles. The van der Waals surface area contributed by atoms with E-state index in [2.05, 4.69) is 5.32 Å². The highest BCUT2D eigenvalue weighted by Crippen LogP contribution is 2.36. The number of ether oxygens (including phenoxy) is 5. The molecule has 0 radical (unpaired) electrons. The lowest BCUT2D eigenvalue weighted by atomic mass is 9.80. The first-order valence-corrected chi connectivity index (χ1v) is 12.9. The van der Waals surface area contributed by atoms with Crippen LogP contribution in [-0.2, 0) is 23.7 Å². The topological polar surface area (TPSA) is 298 Å². The van der Waals surface area contributed by atoms with Crippen LogP contribution < -0.4 is 22.5 Å². The minimum atomic E-state index is -1.82. The number of dihydropyridines is 1. The van der Waals surface area contributed by atoms with Crippen molar-refractivity contribution >= 4 is 0 Å². The van der Waals surface area contributed by atoms with Crippen molar-refractivity contribution in [2.24, 2.45) is 17.2 Å². The summed E-state index contributed by atoms with van der Waals surface area (Å²) in [5.41, 5.74) is 16.2. The number of nitrogens with two attached hydrogens (primary N) is 3. The van der Waals surface area contributed by atoms with Crippen LogP contribution in [0.4, 0.5) is 0 Å². The van der Waals surface area contributed by atoms with Crippen molar-refractivity contribution in [2.45, 2.75) is 97.5 Å². The van der Waals surface area contributed by atoms with Crippen LogP contribution in [0.2, 0.25) is 0 Å². The predicted octanol–water partition coefficient (Wildman–Crippen LogP) is -7.26. The van der Waals surface area contributed by atoms with Crippen molar-refractivity contribution in [3.63, 3.8) is 0 Å². The van der Waals surface area contributed by atoms with Crippen molar-refractivity contribution in [3.05, 3.63) is 24.4 Å². The molecule has 17 heteroatoms. The Morgan fingerprint density at radius 1 is 0.750 bits per heavy atom. The average molecular weight is 581 g/mol. The Labute approximate surface area is 229 Å². The lowest BCUT2D eigenvalue weighted by Gasteiger charge is -2.53. The fourth-order valence-corrected chi connectivity index (χ4v) is 5.34. The van der Waals surface area contributed by atoms with Crippen LogP contribution in [-0.4, -0.2) is 158 Å². The molecule has 17 nitrogen and oxygen atoms in total. The SMILES string of the molecule is NC1C(O)O[C@H](CO)C(O[C@@H]2O[C@H](CO)C(O[C@@H]3O[C@@](CO)(C4C=CC=CN4)[C@@H](O)[C@H](O)[C@H]3N)[C@H](O)C2N)C1O. The number of aliphatic hydroxyl groups is 8.